The average molecular weight is 464 g/mol. The number of nitrogens with two attached hydrogens (primary N) is 1. The van der Waals surface area contributed by atoms with Gasteiger partial charge < -0.3 is 36.0 Å². The number of carbonyl (C=O) groups is 5. The van der Waals surface area contributed by atoms with Gasteiger partial charge in [0.2, 0.25) is 17.7 Å². The fourth-order valence-corrected chi connectivity index (χ4v) is 4.36. The Labute approximate surface area is 189 Å². The zero-order chi connectivity index (χ0) is 24.1. The predicted molar refractivity (Wildman–Crippen MR) is 112 cm³/mol. The van der Waals surface area contributed by atoms with Crippen LogP contribution in [0.4, 0.5) is 0 Å². The third kappa shape index (κ3) is 5.66. The highest BCUT2D eigenvalue weighted by atomic mass is 16.4. The largest absolute Gasteiger partial charge is 0.481 e. The molecule has 2 saturated heterocycles. The Morgan fingerprint density at radius 3 is 2.39 bits per heavy atom. The summed E-state index contributed by atoms with van der Waals surface area (Å²) >= 11 is 0. The summed E-state index contributed by atoms with van der Waals surface area (Å²) in [6.45, 7) is 0.655. The van der Waals surface area contributed by atoms with Crippen LogP contribution in [0, 0.1) is 0 Å². The minimum atomic E-state index is -1.60. The molecule has 0 radical (unpaired) electrons. The molecule has 1 aromatic rings. The summed E-state index contributed by atoms with van der Waals surface area (Å²) in [5.74, 6) is -4.32. The number of hydrogen-bond acceptors (Lipinski definition) is 7. The zero-order valence-corrected chi connectivity index (χ0v) is 18.0. The maximum atomic E-state index is 13.3. The van der Waals surface area contributed by atoms with Gasteiger partial charge in [-0.3, -0.25) is 19.2 Å². The van der Waals surface area contributed by atoms with E-state index >= 15 is 0 Å². The first-order valence-electron chi connectivity index (χ1n) is 10.8. The SMILES string of the molecule is NC(Cc1cnc[nH]1)C(=O)N1CCCC1C(=O)N1CCCC1C(=O)NC(CC(=O)O)C(=O)O. The fraction of sp³-hybridized carbons (Fsp3) is 0.600. The van der Waals surface area contributed by atoms with Crippen molar-refractivity contribution < 1.29 is 34.2 Å². The Morgan fingerprint density at radius 1 is 1.12 bits per heavy atom. The molecule has 3 heterocycles. The molecule has 2 aliphatic heterocycles. The van der Waals surface area contributed by atoms with Crippen LogP contribution in [0.2, 0.25) is 0 Å². The second kappa shape index (κ2) is 10.4. The molecule has 6 N–H and O–H groups in total. The maximum Gasteiger partial charge on any atom is 0.326 e. The normalized spacial score (nSPS) is 22.1. The van der Waals surface area contributed by atoms with E-state index in [1.54, 1.807) is 6.20 Å². The number of amides is 3. The van der Waals surface area contributed by atoms with E-state index in [4.69, 9.17) is 10.8 Å². The highest BCUT2D eigenvalue weighted by Gasteiger charge is 2.43. The Hall–Kier alpha value is -3.48. The average Bonchev–Trinajstić information content (AvgIpc) is 3.53. The number of carbonyl (C=O) groups excluding carboxylic acids is 3. The lowest BCUT2D eigenvalue weighted by molar-refractivity contribution is -0.149. The molecule has 3 rings (SSSR count). The molecule has 1 aromatic heterocycles. The van der Waals surface area contributed by atoms with Crippen molar-refractivity contribution >= 4 is 29.7 Å². The van der Waals surface area contributed by atoms with Crippen molar-refractivity contribution in [2.45, 2.75) is 62.7 Å². The number of likely N-dealkylation sites (tertiary alicyclic amines) is 2. The molecule has 3 amide bonds. The summed E-state index contributed by atoms with van der Waals surface area (Å²) in [4.78, 5) is 70.7. The van der Waals surface area contributed by atoms with Gasteiger partial charge in [-0.05, 0) is 25.7 Å². The van der Waals surface area contributed by atoms with Gasteiger partial charge in [0, 0.05) is 31.4 Å². The van der Waals surface area contributed by atoms with Crippen LogP contribution in [0.5, 0.6) is 0 Å². The maximum absolute atomic E-state index is 13.3. The van der Waals surface area contributed by atoms with E-state index in [1.165, 1.54) is 16.1 Å². The highest BCUT2D eigenvalue weighted by Crippen LogP contribution is 2.26. The number of aliphatic carboxylic acids is 2. The van der Waals surface area contributed by atoms with Crippen LogP contribution in [0.3, 0.4) is 0 Å². The van der Waals surface area contributed by atoms with Crippen LogP contribution in [-0.2, 0) is 30.4 Å². The second-order valence-corrected chi connectivity index (χ2v) is 8.26. The standard InChI is InChI=1S/C20H28N6O7/c21-12(7-11-9-22-10-23-11)18(30)26-6-2-4-15(26)19(31)25-5-1-3-14(25)17(29)24-13(20(32)33)8-16(27)28/h9-10,12-15H,1-8,21H2,(H,22,23)(H,24,29)(H,27,28)(H,32,33). The van der Waals surface area contributed by atoms with Crippen molar-refractivity contribution in [1.82, 2.24) is 25.1 Å². The monoisotopic (exact) mass is 464 g/mol. The first-order chi connectivity index (χ1) is 15.7. The van der Waals surface area contributed by atoms with Crippen LogP contribution in [0.1, 0.15) is 37.8 Å². The molecule has 0 saturated carbocycles. The minimum absolute atomic E-state index is 0.241. The van der Waals surface area contributed by atoms with Gasteiger partial charge in [0.15, 0.2) is 0 Å². The van der Waals surface area contributed by atoms with E-state index in [0.717, 1.165) is 0 Å². The van der Waals surface area contributed by atoms with Gasteiger partial charge in [-0.25, -0.2) is 9.78 Å². The lowest BCUT2D eigenvalue weighted by Crippen LogP contribution is -2.56. The van der Waals surface area contributed by atoms with Crippen molar-refractivity contribution in [1.29, 1.82) is 0 Å². The van der Waals surface area contributed by atoms with E-state index in [9.17, 15) is 29.1 Å². The van der Waals surface area contributed by atoms with Crippen LogP contribution in [0.15, 0.2) is 12.5 Å². The van der Waals surface area contributed by atoms with Crippen LogP contribution in [-0.4, -0.2) is 96.9 Å². The number of H-pyrrole nitrogens is 1. The number of nitrogens with one attached hydrogen (secondary N) is 2. The molecule has 0 spiro atoms. The summed E-state index contributed by atoms with van der Waals surface area (Å²) in [6, 6.07) is -4.14. The van der Waals surface area contributed by atoms with Gasteiger partial charge in [0.1, 0.15) is 18.1 Å². The van der Waals surface area contributed by atoms with Crippen molar-refractivity contribution in [2.24, 2.45) is 5.73 Å². The van der Waals surface area contributed by atoms with Gasteiger partial charge in [-0.1, -0.05) is 0 Å². The Bertz CT molecular complexity index is 905. The molecule has 0 aliphatic carbocycles. The van der Waals surface area contributed by atoms with E-state index in [2.05, 4.69) is 15.3 Å². The number of aromatic nitrogens is 2. The highest BCUT2D eigenvalue weighted by molar-refractivity contribution is 5.95. The molecule has 0 aromatic carbocycles. The van der Waals surface area contributed by atoms with E-state index in [-0.39, 0.29) is 18.9 Å². The quantitative estimate of drug-likeness (QED) is 0.283. The summed E-state index contributed by atoms with van der Waals surface area (Å²) in [5.41, 5.74) is 6.77. The Balaban J connectivity index is 1.66. The summed E-state index contributed by atoms with van der Waals surface area (Å²) in [6.07, 6.45) is 4.41. The van der Waals surface area contributed by atoms with Gasteiger partial charge in [-0.15, -0.1) is 0 Å². The molecule has 13 nitrogen and oxygen atoms in total. The van der Waals surface area contributed by atoms with Gasteiger partial charge in [0.05, 0.1) is 18.8 Å². The number of aromatic amines is 1. The van der Waals surface area contributed by atoms with Crippen molar-refractivity contribution in [2.75, 3.05) is 13.1 Å². The number of carboxylic acids is 2. The summed E-state index contributed by atoms with van der Waals surface area (Å²) in [7, 11) is 0. The predicted octanol–water partition coefficient (Wildman–Crippen LogP) is -1.69. The number of nitrogens with zero attached hydrogens (tertiary/aromatic N) is 3. The third-order valence-corrected chi connectivity index (χ3v) is 5.96. The van der Waals surface area contributed by atoms with Gasteiger partial charge in [-0.2, -0.15) is 0 Å². The summed E-state index contributed by atoms with van der Waals surface area (Å²) < 4.78 is 0. The number of hydrogen-bond donors (Lipinski definition) is 5. The van der Waals surface area contributed by atoms with Crippen LogP contribution in [0.25, 0.3) is 0 Å². The van der Waals surface area contributed by atoms with Crippen molar-refractivity contribution in [3.8, 4) is 0 Å². The lowest BCUT2D eigenvalue weighted by Gasteiger charge is -2.32. The minimum Gasteiger partial charge on any atom is -0.481 e. The molecular weight excluding hydrogens is 436 g/mol. The molecule has 0 bridgehead atoms. The molecule has 4 unspecified atom stereocenters. The van der Waals surface area contributed by atoms with E-state index in [1.807, 2.05) is 0 Å². The Kier molecular flexibility index (Phi) is 7.63. The molecule has 13 heteroatoms. The lowest BCUT2D eigenvalue weighted by atomic mass is 10.1. The topological polar surface area (TPSA) is 199 Å². The fourth-order valence-electron chi connectivity index (χ4n) is 4.36. The summed E-state index contributed by atoms with van der Waals surface area (Å²) in [5, 5.41) is 20.3. The smallest absolute Gasteiger partial charge is 0.326 e. The van der Waals surface area contributed by atoms with E-state index < -0.39 is 54.3 Å². The number of rotatable bonds is 9. The zero-order valence-electron chi connectivity index (χ0n) is 18.0. The molecule has 2 aliphatic rings. The number of imidazole rings is 1. The van der Waals surface area contributed by atoms with Crippen LogP contribution >= 0.6 is 0 Å². The van der Waals surface area contributed by atoms with E-state index in [0.29, 0.717) is 37.9 Å². The second-order valence-electron chi connectivity index (χ2n) is 8.26. The Morgan fingerprint density at radius 2 is 1.79 bits per heavy atom. The third-order valence-electron chi connectivity index (χ3n) is 5.96. The van der Waals surface area contributed by atoms with Crippen LogP contribution < -0.4 is 11.1 Å². The first kappa shape index (κ1) is 24.2. The van der Waals surface area contributed by atoms with Gasteiger partial charge >= 0.3 is 11.9 Å². The molecule has 33 heavy (non-hydrogen) atoms. The van der Waals surface area contributed by atoms with Gasteiger partial charge in [0.25, 0.3) is 0 Å². The van der Waals surface area contributed by atoms with Crippen molar-refractivity contribution in [3.05, 3.63) is 18.2 Å². The molecular formula is C20H28N6O7. The van der Waals surface area contributed by atoms with Crippen molar-refractivity contribution in [3.63, 3.8) is 0 Å². The number of carboxylic acid groups (broad SMARTS) is 2. The molecule has 180 valence electrons. The molecule has 2 fully saturated rings. The first-order valence-corrected chi connectivity index (χ1v) is 10.8. The molecule has 4 atom stereocenters.